The summed E-state index contributed by atoms with van der Waals surface area (Å²) >= 11 is 0. The van der Waals surface area contributed by atoms with Gasteiger partial charge in [-0.15, -0.1) is 0 Å². The third-order valence-corrected chi connectivity index (χ3v) is 1.92. The van der Waals surface area contributed by atoms with Crippen LogP contribution in [-0.2, 0) is 6.42 Å². The summed E-state index contributed by atoms with van der Waals surface area (Å²) < 4.78 is 12.7. The standard InChI is InChI=1S/C10H13FO.2C2H6/c1-3-4-8-6-10(12)9(11)5-7(8)2;2*1-2/h5-6,12H,3-4H2,1-2H3;2*1-2H3. The van der Waals surface area contributed by atoms with Crippen molar-refractivity contribution in [1.82, 2.24) is 0 Å². The van der Waals surface area contributed by atoms with Gasteiger partial charge in [0.05, 0.1) is 0 Å². The molecule has 0 amide bonds. The molecule has 0 radical (unpaired) electrons. The fourth-order valence-electron chi connectivity index (χ4n) is 1.24. The maximum absolute atomic E-state index is 12.7. The molecule has 0 aromatic heterocycles. The summed E-state index contributed by atoms with van der Waals surface area (Å²) in [6, 6.07) is 2.88. The number of halogens is 1. The van der Waals surface area contributed by atoms with Crippen LogP contribution in [0.3, 0.4) is 0 Å². The zero-order chi connectivity index (χ0) is 13.1. The lowest BCUT2D eigenvalue weighted by molar-refractivity contribution is 0.431. The molecule has 0 saturated heterocycles. The SMILES string of the molecule is CC.CC.CCCc1cc(O)c(F)cc1C. The van der Waals surface area contributed by atoms with Crippen LogP contribution in [-0.4, -0.2) is 5.11 Å². The van der Waals surface area contributed by atoms with Gasteiger partial charge in [-0.25, -0.2) is 4.39 Å². The fourth-order valence-corrected chi connectivity index (χ4v) is 1.24. The topological polar surface area (TPSA) is 20.2 Å². The van der Waals surface area contributed by atoms with E-state index in [1.165, 1.54) is 12.1 Å². The predicted molar refractivity (Wildman–Crippen MR) is 69.5 cm³/mol. The highest BCUT2D eigenvalue weighted by atomic mass is 19.1. The van der Waals surface area contributed by atoms with E-state index in [0.29, 0.717) is 0 Å². The zero-order valence-corrected chi connectivity index (χ0v) is 11.4. The van der Waals surface area contributed by atoms with Gasteiger partial charge in [0.15, 0.2) is 11.6 Å². The van der Waals surface area contributed by atoms with Gasteiger partial charge in [0.1, 0.15) is 0 Å². The summed E-state index contributed by atoms with van der Waals surface area (Å²) in [7, 11) is 0. The third-order valence-electron chi connectivity index (χ3n) is 1.92. The first-order valence-electron chi connectivity index (χ1n) is 6.13. The molecule has 1 aromatic rings. The van der Waals surface area contributed by atoms with Crippen LogP contribution in [0.2, 0.25) is 0 Å². The van der Waals surface area contributed by atoms with Gasteiger partial charge < -0.3 is 5.11 Å². The van der Waals surface area contributed by atoms with E-state index in [0.717, 1.165) is 24.0 Å². The molecule has 0 aliphatic heterocycles. The van der Waals surface area contributed by atoms with E-state index < -0.39 is 5.82 Å². The number of phenols is 1. The van der Waals surface area contributed by atoms with Gasteiger partial charge in [0, 0.05) is 0 Å². The van der Waals surface area contributed by atoms with Crippen molar-refractivity contribution < 1.29 is 9.50 Å². The Morgan fingerprint density at radius 3 is 2.06 bits per heavy atom. The Hall–Kier alpha value is -1.05. The molecule has 0 aliphatic carbocycles. The maximum Gasteiger partial charge on any atom is 0.165 e. The Morgan fingerprint density at radius 2 is 1.62 bits per heavy atom. The smallest absolute Gasteiger partial charge is 0.165 e. The molecule has 1 nitrogen and oxygen atoms in total. The van der Waals surface area contributed by atoms with Gasteiger partial charge in [-0.05, 0) is 36.6 Å². The minimum Gasteiger partial charge on any atom is -0.505 e. The number of aromatic hydroxyl groups is 1. The highest BCUT2D eigenvalue weighted by molar-refractivity contribution is 5.35. The average molecular weight is 228 g/mol. The van der Waals surface area contributed by atoms with E-state index in [2.05, 4.69) is 6.92 Å². The second-order valence-electron chi connectivity index (χ2n) is 2.98. The van der Waals surface area contributed by atoms with Crippen LogP contribution >= 0.6 is 0 Å². The predicted octanol–water partition coefficient (Wildman–Crippen LogP) is 4.84. The van der Waals surface area contributed by atoms with Gasteiger partial charge in [-0.3, -0.25) is 0 Å². The quantitative estimate of drug-likeness (QED) is 0.767. The van der Waals surface area contributed by atoms with Crippen molar-refractivity contribution in [2.24, 2.45) is 0 Å². The molecule has 0 saturated carbocycles. The van der Waals surface area contributed by atoms with Crippen LogP contribution in [0.4, 0.5) is 4.39 Å². The van der Waals surface area contributed by atoms with Crippen molar-refractivity contribution in [3.63, 3.8) is 0 Å². The van der Waals surface area contributed by atoms with Crippen molar-refractivity contribution in [3.8, 4) is 5.75 Å². The van der Waals surface area contributed by atoms with Crippen molar-refractivity contribution in [2.75, 3.05) is 0 Å². The Labute approximate surface area is 99.3 Å². The molecular formula is C14H25FO. The van der Waals surface area contributed by atoms with E-state index in [9.17, 15) is 4.39 Å². The Morgan fingerprint density at radius 1 is 1.12 bits per heavy atom. The van der Waals surface area contributed by atoms with E-state index in [1.54, 1.807) is 0 Å². The molecule has 0 unspecified atom stereocenters. The van der Waals surface area contributed by atoms with Crippen molar-refractivity contribution in [2.45, 2.75) is 54.4 Å². The minimum absolute atomic E-state index is 0.246. The fraction of sp³-hybridized carbons (Fsp3) is 0.571. The Kier molecular flexibility index (Phi) is 11.3. The largest absolute Gasteiger partial charge is 0.505 e. The lowest BCUT2D eigenvalue weighted by Crippen LogP contribution is -1.90. The van der Waals surface area contributed by atoms with E-state index in [4.69, 9.17) is 5.11 Å². The summed E-state index contributed by atoms with van der Waals surface area (Å²) in [4.78, 5) is 0. The number of benzene rings is 1. The summed E-state index contributed by atoms with van der Waals surface area (Å²) in [6.45, 7) is 11.9. The lowest BCUT2D eigenvalue weighted by Gasteiger charge is -2.05. The second kappa shape index (κ2) is 10.5. The molecule has 16 heavy (non-hydrogen) atoms. The summed E-state index contributed by atoms with van der Waals surface area (Å²) in [6.07, 6.45) is 1.89. The highest BCUT2D eigenvalue weighted by Crippen LogP contribution is 2.21. The van der Waals surface area contributed by atoms with Crippen LogP contribution in [0, 0.1) is 12.7 Å². The van der Waals surface area contributed by atoms with E-state index in [-0.39, 0.29) is 5.75 Å². The highest BCUT2D eigenvalue weighted by Gasteiger charge is 2.04. The van der Waals surface area contributed by atoms with Gasteiger partial charge in [0.2, 0.25) is 0 Å². The maximum atomic E-state index is 12.7. The third kappa shape index (κ3) is 5.74. The molecule has 0 bridgehead atoms. The van der Waals surface area contributed by atoms with Crippen LogP contribution in [0.5, 0.6) is 5.75 Å². The van der Waals surface area contributed by atoms with Gasteiger partial charge in [-0.1, -0.05) is 41.0 Å². The van der Waals surface area contributed by atoms with Gasteiger partial charge >= 0.3 is 0 Å². The first-order valence-corrected chi connectivity index (χ1v) is 6.13. The molecule has 1 N–H and O–H groups in total. The molecule has 0 atom stereocenters. The van der Waals surface area contributed by atoms with E-state index in [1.807, 2.05) is 34.6 Å². The molecule has 2 heteroatoms. The van der Waals surface area contributed by atoms with Crippen LogP contribution < -0.4 is 0 Å². The molecule has 0 fully saturated rings. The monoisotopic (exact) mass is 228 g/mol. The summed E-state index contributed by atoms with van der Waals surface area (Å²) in [5.41, 5.74) is 1.93. The van der Waals surface area contributed by atoms with Crippen LogP contribution in [0.25, 0.3) is 0 Å². The van der Waals surface area contributed by atoms with Crippen molar-refractivity contribution in [3.05, 3.63) is 29.1 Å². The first-order chi connectivity index (χ1) is 7.65. The molecular weight excluding hydrogens is 203 g/mol. The van der Waals surface area contributed by atoms with Crippen LogP contribution in [0.15, 0.2) is 12.1 Å². The average Bonchev–Trinajstić information content (AvgIpc) is 2.31. The second-order valence-corrected chi connectivity index (χ2v) is 2.98. The molecule has 94 valence electrons. The Bertz CT molecular complexity index is 282. The molecule has 1 rings (SSSR count). The summed E-state index contributed by atoms with van der Waals surface area (Å²) in [5, 5.41) is 9.08. The lowest BCUT2D eigenvalue weighted by atomic mass is 10.0. The van der Waals surface area contributed by atoms with Crippen LogP contribution in [0.1, 0.15) is 52.2 Å². The first kappa shape index (κ1) is 17.3. The summed E-state index contributed by atoms with van der Waals surface area (Å²) in [5.74, 6) is -0.781. The van der Waals surface area contributed by atoms with E-state index >= 15 is 0 Å². The minimum atomic E-state index is -0.535. The van der Waals surface area contributed by atoms with Gasteiger partial charge in [0.25, 0.3) is 0 Å². The number of aryl methyl sites for hydroxylation is 2. The van der Waals surface area contributed by atoms with Gasteiger partial charge in [-0.2, -0.15) is 0 Å². The Balaban J connectivity index is 0. The normalized spacial score (nSPS) is 8.44. The molecule has 0 spiro atoms. The molecule has 0 aliphatic rings. The number of rotatable bonds is 2. The molecule has 0 heterocycles. The number of hydrogen-bond donors (Lipinski definition) is 1. The zero-order valence-electron chi connectivity index (χ0n) is 11.4. The van der Waals surface area contributed by atoms with Crippen molar-refractivity contribution in [1.29, 1.82) is 0 Å². The van der Waals surface area contributed by atoms with Crippen molar-refractivity contribution >= 4 is 0 Å². The number of hydrogen-bond acceptors (Lipinski definition) is 1. The molecule has 1 aromatic carbocycles. The number of phenolic OH excluding ortho intramolecular Hbond substituents is 1.